The van der Waals surface area contributed by atoms with E-state index in [9.17, 15) is 14.4 Å². The van der Waals surface area contributed by atoms with E-state index in [-0.39, 0.29) is 30.8 Å². The summed E-state index contributed by atoms with van der Waals surface area (Å²) in [6.07, 6.45) is 2.42. The Morgan fingerprint density at radius 3 is 2.12 bits per heavy atom. The average molecular weight is 451 g/mol. The highest BCUT2D eigenvalue weighted by atomic mass is 16.5. The topological polar surface area (TPSA) is 105 Å². The molecule has 4 rings (SSSR count). The number of amides is 2. The number of hydrogen-bond donors (Lipinski definition) is 3. The van der Waals surface area contributed by atoms with Crippen LogP contribution in [-0.2, 0) is 14.3 Å². The number of carbonyl (C=O) groups excluding carboxylic acids is 2. The lowest BCUT2D eigenvalue weighted by molar-refractivity contribution is -0.137. The van der Waals surface area contributed by atoms with Gasteiger partial charge in [-0.25, -0.2) is 4.79 Å². The van der Waals surface area contributed by atoms with E-state index >= 15 is 0 Å². The van der Waals surface area contributed by atoms with E-state index in [4.69, 9.17) is 9.84 Å². The minimum atomic E-state index is -0.966. The molecular formula is C26H30N2O5. The van der Waals surface area contributed by atoms with Crippen molar-refractivity contribution in [1.29, 1.82) is 0 Å². The molecule has 174 valence electrons. The van der Waals surface area contributed by atoms with Gasteiger partial charge in [-0.3, -0.25) is 9.59 Å². The zero-order valence-corrected chi connectivity index (χ0v) is 18.8. The summed E-state index contributed by atoms with van der Waals surface area (Å²) >= 11 is 0. The number of nitrogens with one attached hydrogen (secondary N) is 2. The lowest BCUT2D eigenvalue weighted by Crippen LogP contribution is -2.54. The van der Waals surface area contributed by atoms with Crippen LogP contribution in [0, 0.1) is 5.92 Å². The monoisotopic (exact) mass is 450 g/mol. The number of fused-ring (bicyclic) bond motifs is 3. The number of carboxylic acids is 1. The number of carboxylic acid groups (broad SMARTS) is 1. The summed E-state index contributed by atoms with van der Waals surface area (Å²) in [5.74, 6) is -1.33. The van der Waals surface area contributed by atoms with Crippen molar-refractivity contribution >= 4 is 18.0 Å². The van der Waals surface area contributed by atoms with Gasteiger partial charge in [-0.15, -0.1) is 0 Å². The molecule has 2 atom stereocenters. The second-order valence-corrected chi connectivity index (χ2v) is 8.85. The predicted molar refractivity (Wildman–Crippen MR) is 124 cm³/mol. The highest BCUT2D eigenvalue weighted by Gasteiger charge is 2.36. The minimum absolute atomic E-state index is 0.0350. The molecule has 3 N–H and O–H groups in total. The molecule has 2 aromatic carbocycles. The van der Waals surface area contributed by atoms with Crippen LogP contribution in [0.1, 0.15) is 56.1 Å². The number of aliphatic carboxylic acids is 1. The maximum Gasteiger partial charge on any atom is 0.407 e. The highest BCUT2D eigenvalue weighted by Crippen LogP contribution is 2.44. The molecule has 0 saturated heterocycles. The van der Waals surface area contributed by atoms with E-state index in [1.165, 1.54) is 0 Å². The molecule has 0 spiro atoms. The lowest BCUT2D eigenvalue weighted by Gasteiger charge is -2.34. The molecule has 0 heterocycles. The first-order chi connectivity index (χ1) is 16.0. The second-order valence-electron chi connectivity index (χ2n) is 8.85. The fourth-order valence-electron chi connectivity index (χ4n) is 4.74. The highest BCUT2D eigenvalue weighted by molar-refractivity contribution is 5.87. The van der Waals surface area contributed by atoms with Crippen molar-refractivity contribution in [3.63, 3.8) is 0 Å². The van der Waals surface area contributed by atoms with Gasteiger partial charge in [-0.05, 0) is 47.4 Å². The molecule has 0 bridgehead atoms. The molecule has 0 radical (unpaired) electrons. The Hall–Kier alpha value is -3.35. The lowest BCUT2D eigenvalue weighted by atomic mass is 9.79. The number of ether oxygens (including phenoxy) is 1. The van der Waals surface area contributed by atoms with Gasteiger partial charge < -0.3 is 20.5 Å². The van der Waals surface area contributed by atoms with Gasteiger partial charge in [0, 0.05) is 12.0 Å². The number of alkyl carbamates (subject to hydrolysis) is 1. The standard InChI is InChI=1S/C26H30N2O5/c1-2-17(14-23(29)30)27-25(31)24(16-8-7-9-16)28-26(32)33-15-22-20-12-5-3-10-18(20)19-11-4-6-13-21(19)22/h3-6,10-13,16-17,22,24H,2,7-9,14-15H2,1H3,(H,27,31)(H,28,32)(H,29,30). The predicted octanol–water partition coefficient (Wildman–Crippen LogP) is 4.06. The van der Waals surface area contributed by atoms with E-state index in [1.807, 2.05) is 31.2 Å². The molecule has 0 aromatic heterocycles. The number of hydrogen-bond acceptors (Lipinski definition) is 4. The van der Waals surface area contributed by atoms with Crippen molar-refractivity contribution in [1.82, 2.24) is 10.6 Å². The summed E-state index contributed by atoms with van der Waals surface area (Å²) < 4.78 is 5.61. The third-order valence-electron chi connectivity index (χ3n) is 6.78. The molecule has 7 heteroatoms. The van der Waals surface area contributed by atoms with E-state index in [1.54, 1.807) is 0 Å². The van der Waals surface area contributed by atoms with Crippen LogP contribution in [0.2, 0.25) is 0 Å². The Morgan fingerprint density at radius 1 is 1.00 bits per heavy atom. The van der Waals surface area contributed by atoms with Gasteiger partial charge >= 0.3 is 12.1 Å². The number of rotatable bonds is 9. The molecule has 33 heavy (non-hydrogen) atoms. The summed E-state index contributed by atoms with van der Waals surface area (Å²) in [5, 5.41) is 14.6. The molecule has 2 aliphatic rings. The van der Waals surface area contributed by atoms with Crippen LogP contribution >= 0.6 is 0 Å². The zero-order chi connectivity index (χ0) is 23.4. The maximum atomic E-state index is 12.9. The van der Waals surface area contributed by atoms with Crippen molar-refractivity contribution in [2.75, 3.05) is 6.61 Å². The quantitative estimate of drug-likeness (QED) is 0.534. The molecule has 2 unspecified atom stereocenters. The van der Waals surface area contributed by atoms with Crippen LogP contribution in [0.25, 0.3) is 11.1 Å². The second kappa shape index (κ2) is 10.1. The smallest absolute Gasteiger partial charge is 0.407 e. The van der Waals surface area contributed by atoms with Gasteiger partial charge in [0.05, 0.1) is 6.42 Å². The summed E-state index contributed by atoms with van der Waals surface area (Å²) in [5.41, 5.74) is 4.55. The Morgan fingerprint density at radius 2 is 1.61 bits per heavy atom. The number of benzene rings is 2. The normalized spacial score (nSPS) is 16.6. The summed E-state index contributed by atoms with van der Waals surface area (Å²) in [6.45, 7) is 2.00. The van der Waals surface area contributed by atoms with Crippen LogP contribution < -0.4 is 10.6 Å². The molecule has 1 fully saturated rings. The van der Waals surface area contributed by atoms with Crippen molar-refractivity contribution < 1.29 is 24.2 Å². The average Bonchev–Trinajstić information content (AvgIpc) is 3.09. The van der Waals surface area contributed by atoms with Crippen molar-refractivity contribution in [3.8, 4) is 11.1 Å². The Bertz CT molecular complexity index is 987. The van der Waals surface area contributed by atoms with Crippen LogP contribution in [0.15, 0.2) is 48.5 Å². The van der Waals surface area contributed by atoms with Crippen molar-refractivity contribution in [2.24, 2.45) is 5.92 Å². The summed E-state index contributed by atoms with van der Waals surface area (Å²) in [6, 6.07) is 15.0. The van der Waals surface area contributed by atoms with Crippen LogP contribution in [0.3, 0.4) is 0 Å². The third kappa shape index (κ3) is 5.02. The van der Waals surface area contributed by atoms with Gasteiger partial charge in [0.15, 0.2) is 0 Å². The fourth-order valence-corrected chi connectivity index (χ4v) is 4.74. The maximum absolute atomic E-state index is 12.9. The van der Waals surface area contributed by atoms with Crippen LogP contribution in [0.4, 0.5) is 4.79 Å². The molecule has 2 aliphatic carbocycles. The van der Waals surface area contributed by atoms with Gasteiger partial charge in [0.25, 0.3) is 0 Å². The zero-order valence-electron chi connectivity index (χ0n) is 18.8. The van der Waals surface area contributed by atoms with E-state index < -0.39 is 24.1 Å². The Kier molecular flexibility index (Phi) is 6.96. The van der Waals surface area contributed by atoms with E-state index in [2.05, 4.69) is 34.9 Å². The van der Waals surface area contributed by atoms with Gasteiger partial charge in [-0.1, -0.05) is 61.9 Å². The first kappa shape index (κ1) is 22.8. The van der Waals surface area contributed by atoms with E-state index in [0.717, 1.165) is 41.5 Å². The molecule has 2 amide bonds. The fraction of sp³-hybridized carbons (Fsp3) is 0.423. The molecule has 2 aromatic rings. The Balaban J connectivity index is 1.40. The first-order valence-corrected chi connectivity index (χ1v) is 11.6. The molecular weight excluding hydrogens is 420 g/mol. The first-order valence-electron chi connectivity index (χ1n) is 11.6. The van der Waals surface area contributed by atoms with Crippen LogP contribution in [-0.4, -0.2) is 41.8 Å². The number of carbonyl (C=O) groups is 3. The third-order valence-corrected chi connectivity index (χ3v) is 6.78. The van der Waals surface area contributed by atoms with E-state index in [0.29, 0.717) is 6.42 Å². The molecule has 1 saturated carbocycles. The van der Waals surface area contributed by atoms with Gasteiger partial charge in [0.2, 0.25) is 5.91 Å². The SMILES string of the molecule is CCC(CC(=O)O)NC(=O)C(NC(=O)OCC1c2ccccc2-c2ccccc21)C1CCC1. The van der Waals surface area contributed by atoms with Gasteiger partial charge in [0.1, 0.15) is 12.6 Å². The van der Waals surface area contributed by atoms with Crippen molar-refractivity contribution in [3.05, 3.63) is 59.7 Å². The minimum Gasteiger partial charge on any atom is -0.481 e. The molecule has 0 aliphatic heterocycles. The van der Waals surface area contributed by atoms with Crippen LogP contribution in [0.5, 0.6) is 0 Å². The van der Waals surface area contributed by atoms with Crippen molar-refractivity contribution in [2.45, 2.75) is 57.0 Å². The molecule has 7 nitrogen and oxygen atoms in total. The van der Waals surface area contributed by atoms with Gasteiger partial charge in [-0.2, -0.15) is 0 Å². The summed E-state index contributed by atoms with van der Waals surface area (Å²) in [7, 11) is 0. The largest absolute Gasteiger partial charge is 0.481 e. The Labute approximate surface area is 193 Å². The summed E-state index contributed by atoms with van der Waals surface area (Å²) in [4.78, 5) is 36.6.